The summed E-state index contributed by atoms with van der Waals surface area (Å²) in [5.74, 6) is 2.28. The lowest BCUT2D eigenvalue weighted by atomic mass is 10.1. The van der Waals surface area contributed by atoms with Crippen molar-refractivity contribution in [2.45, 2.75) is 39.2 Å². The third kappa shape index (κ3) is 3.20. The van der Waals surface area contributed by atoms with Gasteiger partial charge in [0.15, 0.2) is 11.4 Å². The van der Waals surface area contributed by atoms with Gasteiger partial charge in [-0.1, -0.05) is 35.3 Å². The minimum absolute atomic E-state index is 0.0274. The molecule has 1 aromatic carbocycles. The van der Waals surface area contributed by atoms with E-state index in [1.165, 1.54) is 0 Å². The van der Waals surface area contributed by atoms with E-state index in [1.54, 1.807) is 18.5 Å². The van der Waals surface area contributed by atoms with Gasteiger partial charge >= 0.3 is 0 Å². The summed E-state index contributed by atoms with van der Waals surface area (Å²) < 4.78 is 7.87. The highest BCUT2D eigenvalue weighted by atomic mass is 35.5. The normalized spacial score (nSPS) is 15.2. The number of hydrogen-bond donors (Lipinski definition) is 0. The first-order chi connectivity index (χ1) is 14.1. The average Bonchev–Trinajstić information content (AvgIpc) is 3.33. The molecule has 1 fully saturated rings. The van der Waals surface area contributed by atoms with Crippen molar-refractivity contribution in [1.29, 1.82) is 0 Å². The molecule has 148 valence electrons. The molecule has 1 aliphatic carbocycles. The Hall–Kier alpha value is -2.44. The van der Waals surface area contributed by atoms with Gasteiger partial charge in [0.1, 0.15) is 29.4 Å². The molecular weight excluding hydrogens is 409 g/mol. The lowest BCUT2D eigenvalue weighted by Crippen LogP contribution is -2.15. The van der Waals surface area contributed by atoms with Crippen LogP contribution in [0.4, 0.5) is 0 Å². The lowest BCUT2D eigenvalue weighted by molar-refractivity contribution is 0.326. The van der Waals surface area contributed by atoms with E-state index in [4.69, 9.17) is 32.7 Å². The first kappa shape index (κ1) is 18.6. The molecule has 29 heavy (non-hydrogen) atoms. The van der Waals surface area contributed by atoms with E-state index in [2.05, 4.69) is 26.6 Å². The lowest BCUT2D eigenvalue weighted by Gasteiger charge is -2.18. The minimum atomic E-state index is 0.0274. The maximum atomic E-state index is 6.46. The van der Waals surface area contributed by atoms with Crippen molar-refractivity contribution < 1.29 is 4.52 Å². The van der Waals surface area contributed by atoms with Crippen molar-refractivity contribution >= 4 is 34.4 Å². The Bertz CT molecular complexity index is 1210. The summed E-state index contributed by atoms with van der Waals surface area (Å²) in [5.41, 5.74) is 3.87. The summed E-state index contributed by atoms with van der Waals surface area (Å²) in [6, 6.07) is 7.43. The van der Waals surface area contributed by atoms with E-state index >= 15 is 0 Å². The van der Waals surface area contributed by atoms with Crippen molar-refractivity contribution in [3.8, 4) is 11.3 Å². The van der Waals surface area contributed by atoms with Gasteiger partial charge in [0.25, 0.3) is 0 Å². The molecule has 0 amide bonds. The van der Waals surface area contributed by atoms with Crippen LogP contribution in [0.1, 0.15) is 43.1 Å². The first-order valence-corrected chi connectivity index (χ1v) is 10.4. The van der Waals surface area contributed by atoms with Gasteiger partial charge < -0.3 is 9.09 Å². The van der Waals surface area contributed by atoms with Gasteiger partial charge in [-0.25, -0.2) is 15.0 Å². The zero-order valence-corrected chi connectivity index (χ0v) is 17.6. The molecule has 0 saturated heterocycles. The Morgan fingerprint density at radius 1 is 1.21 bits per heavy atom. The SMILES string of the molecule is CCc1nc2c(-c3ccc(Cl)cc3Cl)ncnc2n1C(c1cc(C)no1)C1CC1. The highest BCUT2D eigenvalue weighted by Gasteiger charge is 2.38. The van der Waals surface area contributed by atoms with Gasteiger partial charge in [0, 0.05) is 23.1 Å². The molecule has 1 saturated carbocycles. The number of rotatable bonds is 5. The molecule has 1 atom stereocenters. The van der Waals surface area contributed by atoms with Crippen LogP contribution in [0.25, 0.3) is 22.4 Å². The van der Waals surface area contributed by atoms with Crippen LogP contribution in [0.15, 0.2) is 35.1 Å². The van der Waals surface area contributed by atoms with Crippen molar-refractivity contribution in [2.24, 2.45) is 5.92 Å². The number of fused-ring (bicyclic) bond motifs is 1. The van der Waals surface area contributed by atoms with Gasteiger partial charge in [-0.05, 0) is 43.9 Å². The van der Waals surface area contributed by atoms with Gasteiger partial charge in [0.05, 0.1) is 10.7 Å². The molecule has 5 rings (SSSR count). The van der Waals surface area contributed by atoms with Crippen LogP contribution in [-0.2, 0) is 6.42 Å². The number of halogens is 2. The smallest absolute Gasteiger partial charge is 0.164 e. The molecule has 3 heterocycles. The average molecular weight is 428 g/mol. The van der Waals surface area contributed by atoms with Crippen LogP contribution in [-0.4, -0.2) is 24.7 Å². The van der Waals surface area contributed by atoms with Gasteiger partial charge in [0.2, 0.25) is 0 Å². The summed E-state index contributed by atoms with van der Waals surface area (Å²) in [4.78, 5) is 14.0. The monoisotopic (exact) mass is 427 g/mol. The molecule has 8 heteroatoms. The first-order valence-electron chi connectivity index (χ1n) is 9.67. The summed E-state index contributed by atoms with van der Waals surface area (Å²) in [6.45, 7) is 4.03. The molecular formula is C21H19Cl2N5O. The molecule has 3 aromatic heterocycles. The zero-order valence-electron chi connectivity index (χ0n) is 16.1. The van der Waals surface area contributed by atoms with Crippen molar-refractivity contribution in [3.63, 3.8) is 0 Å². The Labute approximate surface area is 177 Å². The minimum Gasteiger partial charge on any atom is -0.359 e. The van der Waals surface area contributed by atoms with Gasteiger partial charge in [-0.2, -0.15) is 0 Å². The fraction of sp³-hybridized carbons (Fsp3) is 0.333. The van der Waals surface area contributed by atoms with E-state index in [0.29, 0.717) is 21.7 Å². The van der Waals surface area contributed by atoms with Crippen molar-refractivity contribution in [1.82, 2.24) is 24.7 Å². The number of imidazole rings is 1. The number of hydrogen-bond acceptors (Lipinski definition) is 5. The molecule has 0 radical (unpaired) electrons. The Kier molecular flexibility index (Phi) is 4.56. The standard InChI is InChI=1S/C21H19Cl2N5O/c1-3-17-26-19-18(14-7-6-13(22)9-15(14)23)24-10-25-21(19)28(17)20(12-4-5-12)16-8-11(2)27-29-16/h6-10,12,20H,3-5H2,1-2H3. The summed E-state index contributed by atoms with van der Waals surface area (Å²) in [5, 5.41) is 5.23. The van der Waals surface area contributed by atoms with Crippen LogP contribution >= 0.6 is 23.2 Å². The second-order valence-corrected chi connectivity index (χ2v) is 8.27. The van der Waals surface area contributed by atoms with Gasteiger partial charge in [-0.15, -0.1) is 0 Å². The second kappa shape index (κ2) is 7.11. The predicted molar refractivity (Wildman–Crippen MR) is 112 cm³/mol. The predicted octanol–water partition coefficient (Wildman–Crippen LogP) is 5.66. The van der Waals surface area contributed by atoms with Crippen LogP contribution in [0.2, 0.25) is 10.0 Å². The Morgan fingerprint density at radius 3 is 2.69 bits per heavy atom. The third-order valence-corrected chi connectivity index (χ3v) is 5.88. The molecule has 0 N–H and O–H groups in total. The Balaban J connectivity index is 1.74. The van der Waals surface area contributed by atoms with Crippen LogP contribution in [0, 0.1) is 12.8 Å². The van der Waals surface area contributed by atoms with E-state index in [-0.39, 0.29) is 6.04 Å². The number of aryl methyl sites for hydroxylation is 2. The highest BCUT2D eigenvalue weighted by Crippen LogP contribution is 2.46. The fourth-order valence-corrected chi connectivity index (χ4v) is 4.38. The van der Waals surface area contributed by atoms with Crippen molar-refractivity contribution in [3.05, 3.63) is 57.9 Å². The zero-order chi connectivity index (χ0) is 20.1. The largest absolute Gasteiger partial charge is 0.359 e. The van der Waals surface area contributed by atoms with Crippen LogP contribution in [0.5, 0.6) is 0 Å². The van der Waals surface area contributed by atoms with Crippen molar-refractivity contribution in [2.75, 3.05) is 0 Å². The Morgan fingerprint density at radius 2 is 2.03 bits per heavy atom. The van der Waals surface area contributed by atoms with Crippen LogP contribution < -0.4 is 0 Å². The highest BCUT2D eigenvalue weighted by molar-refractivity contribution is 6.36. The fourth-order valence-electron chi connectivity index (χ4n) is 3.88. The molecule has 1 aliphatic rings. The topological polar surface area (TPSA) is 69.6 Å². The molecule has 4 aromatic rings. The molecule has 0 bridgehead atoms. The molecule has 0 spiro atoms. The number of aromatic nitrogens is 5. The van der Waals surface area contributed by atoms with E-state index in [1.807, 2.05) is 19.1 Å². The second-order valence-electron chi connectivity index (χ2n) is 7.42. The molecule has 1 unspecified atom stereocenters. The summed E-state index contributed by atoms with van der Waals surface area (Å²) >= 11 is 12.5. The summed E-state index contributed by atoms with van der Waals surface area (Å²) in [6.07, 6.45) is 4.62. The third-order valence-electron chi connectivity index (χ3n) is 5.34. The van der Waals surface area contributed by atoms with Gasteiger partial charge in [-0.3, -0.25) is 0 Å². The molecule has 6 nitrogen and oxygen atoms in total. The maximum Gasteiger partial charge on any atom is 0.164 e. The quantitative estimate of drug-likeness (QED) is 0.410. The van der Waals surface area contributed by atoms with E-state index in [0.717, 1.165) is 53.3 Å². The maximum absolute atomic E-state index is 6.46. The number of nitrogens with zero attached hydrogens (tertiary/aromatic N) is 5. The summed E-state index contributed by atoms with van der Waals surface area (Å²) in [7, 11) is 0. The van der Waals surface area contributed by atoms with Crippen LogP contribution in [0.3, 0.4) is 0 Å². The van der Waals surface area contributed by atoms with E-state index < -0.39 is 0 Å². The van der Waals surface area contributed by atoms with E-state index in [9.17, 15) is 0 Å². The molecule has 0 aliphatic heterocycles. The number of benzene rings is 1.